The molecule has 4 nitrogen and oxygen atoms in total. The van der Waals surface area contributed by atoms with E-state index in [2.05, 4.69) is 58.5 Å². The lowest BCUT2D eigenvalue weighted by atomic mass is 9.96. The van der Waals surface area contributed by atoms with Crippen molar-refractivity contribution in [3.63, 3.8) is 0 Å². The second-order valence-corrected chi connectivity index (χ2v) is 8.17. The van der Waals surface area contributed by atoms with Crippen LogP contribution in [0.3, 0.4) is 0 Å². The van der Waals surface area contributed by atoms with Crippen LogP contribution >= 0.6 is 0 Å². The molecule has 3 heterocycles. The number of carbonyl (C=O) groups is 1. The van der Waals surface area contributed by atoms with Crippen molar-refractivity contribution in [1.29, 1.82) is 0 Å². The second-order valence-electron chi connectivity index (χ2n) is 8.17. The van der Waals surface area contributed by atoms with Gasteiger partial charge in [-0.3, -0.25) is 9.20 Å². The Morgan fingerprint density at radius 3 is 2.33 bits per heavy atom. The van der Waals surface area contributed by atoms with Gasteiger partial charge < -0.3 is 9.30 Å². The lowest BCUT2D eigenvalue weighted by molar-refractivity contribution is 0.101. The first-order valence-corrected chi connectivity index (χ1v) is 10.6. The van der Waals surface area contributed by atoms with Gasteiger partial charge in [0.15, 0.2) is 5.78 Å². The Kier molecular flexibility index (Phi) is 4.50. The molecule has 0 aliphatic carbocycles. The van der Waals surface area contributed by atoms with Crippen LogP contribution in [-0.4, -0.2) is 21.9 Å². The van der Waals surface area contributed by atoms with E-state index < -0.39 is 0 Å². The highest BCUT2D eigenvalue weighted by Gasteiger charge is 2.27. The average molecular weight is 399 g/mol. The molecule has 4 heteroatoms. The van der Waals surface area contributed by atoms with Crippen LogP contribution < -0.4 is 4.74 Å². The van der Waals surface area contributed by atoms with E-state index in [1.807, 2.05) is 12.1 Å². The molecule has 1 aliphatic rings. The Labute approximate surface area is 176 Å². The monoisotopic (exact) mass is 398 g/mol. The van der Waals surface area contributed by atoms with Gasteiger partial charge in [-0.25, -0.2) is 0 Å². The van der Waals surface area contributed by atoms with E-state index in [-0.39, 0.29) is 5.78 Å². The maximum Gasteiger partial charge on any atom is 0.177 e. The van der Waals surface area contributed by atoms with Crippen molar-refractivity contribution >= 4 is 11.4 Å². The third-order valence-electron chi connectivity index (χ3n) is 6.19. The Hall–Kier alpha value is -3.27. The Bertz CT molecular complexity index is 1240. The predicted octanol–water partition coefficient (Wildman–Crippen LogP) is 5.93. The van der Waals surface area contributed by atoms with E-state index in [0.717, 1.165) is 59.6 Å². The molecule has 0 spiro atoms. The lowest BCUT2D eigenvalue weighted by Crippen LogP contribution is -2.00. The van der Waals surface area contributed by atoms with Gasteiger partial charge >= 0.3 is 0 Å². The number of ketones is 1. The van der Waals surface area contributed by atoms with Crippen LogP contribution in [0.4, 0.5) is 0 Å². The SMILES string of the molecule is COc1ccc(-c2cn3c(C(C)=O)c(-c4ccc(C)cc4)c4c3n2CCCC4)cc1. The summed E-state index contributed by atoms with van der Waals surface area (Å²) in [5, 5.41) is 0. The molecule has 0 atom stereocenters. The maximum atomic E-state index is 12.9. The molecule has 2 aromatic carbocycles. The normalized spacial score (nSPS) is 13.4. The van der Waals surface area contributed by atoms with Crippen LogP contribution in [0.25, 0.3) is 28.0 Å². The molecule has 152 valence electrons. The van der Waals surface area contributed by atoms with E-state index in [1.54, 1.807) is 14.0 Å². The van der Waals surface area contributed by atoms with Gasteiger partial charge in [-0.15, -0.1) is 0 Å². The summed E-state index contributed by atoms with van der Waals surface area (Å²) in [7, 11) is 1.68. The molecule has 0 saturated heterocycles. The van der Waals surface area contributed by atoms with Crippen LogP contribution in [0.2, 0.25) is 0 Å². The molecule has 4 aromatic rings. The summed E-state index contributed by atoms with van der Waals surface area (Å²) in [5.74, 6) is 0.949. The third-order valence-corrected chi connectivity index (χ3v) is 6.19. The summed E-state index contributed by atoms with van der Waals surface area (Å²) in [4.78, 5) is 12.9. The third kappa shape index (κ3) is 2.86. The van der Waals surface area contributed by atoms with Crippen molar-refractivity contribution in [3.8, 4) is 28.1 Å². The van der Waals surface area contributed by atoms with Gasteiger partial charge in [0.2, 0.25) is 0 Å². The van der Waals surface area contributed by atoms with E-state index >= 15 is 0 Å². The zero-order valence-electron chi connectivity index (χ0n) is 17.7. The largest absolute Gasteiger partial charge is 0.497 e. The van der Waals surface area contributed by atoms with Gasteiger partial charge in [-0.05, 0) is 61.6 Å². The fraction of sp³-hybridized carbons (Fsp3) is 0.269. The van der Waals surface area contributed by atoms with Crippen LogP contribution in [0.5, 0.6) is 5.75 Å². The van der Waals surface area contributed by atoms with Crippen molar-refractivity contribution in [2.45, 2.75) is 39.7 Å². The number of carbonyl (C=O) groups excluding carboxylic acids is 1. The Balaban J connectivity index is 1.80. The number of methoxy groups -OCH3 is 1. The number of aryl methyl sites for hydroxylation is 3. The number of hydrogen-bond donors (Lipinski definition) is 0. The second kappa shape index (κ2) is 7.21. The van der Waals surface area contributed by atoms with E-state index in [0.29, 0.717) is 0 Å². The minimum Gasteiger partial charge on any atom is -0.497 e. The molecule has 1 aliphatic heterocycles. The summed E-state index contributed by atoms with van der Waals surface area (Å²) in [6.07, 6.45) is 5.39. The number of rotatable bonds is 4. The van der Waals surface area contributed by atoms with E-state index in [1.165, 1.54) is 16.8 Å². The molecule has 0 bridgehead atoms. The van der Waals surface area contributed by atoms with Crippen molar-refractivity contribution in [2.24, 2.45) is 0 Å². The quantitative estimate of drug-likeness (QED) is 0.399. The summed E-state index contributed by atoms with van der Waals surface area (Å²) in [6.45, 7) is 4.73. The Morgan fingerprint density at radius 1 is 0.967 bits per heavy atom. The van der Waals surface area contributed by atoms with Gasteiger partial charge in [-0.2, -0.15) is 0 Å². The smallest absolute Gasteiger partial charge is 0.177 e. The van der Waals surface area contributed by atoms with Crippen molar-refractivity contribution < 1.29 is 9.53 Å². The number of Topliss-reactive ketones (excluding diaryl/α,β-unsaturated/α-hetero) is 1. The Morgan fingerprint density at radius 2 is 1.67 bits per heavy atom. The summed E-state index contributed by atoms with van der Waals surface area (Å²) >= 11 is 0. The first-order chi connectivity index (χ1) is 14.6. The minimum atomic E-state index is 0.103. The molecular formula is C26H26N2O2. The molecule has 0 unspecified atom stereocenters. The van der Waals surface area contributed by atoms with E-state index in [4.69, 9.17) is 4.74 Å². The molecule has 0 saturated carbocycles. The molecule has 0 fully saturated rings. The van der Waals surface area contributed by atoms with Gasteiger partial charge in [0.05, 0.1) is 18.5 Å². The fourth-order valence-corrected chi connectivity index (χ4v) is 4.76. The van der Waals surface area contributed by atoms with Crippen LogP contribution in [0.15, 0.2) is 54.7 Å². The number of hydrogen-bond acceptors (Lipinski definition) is 2. The average Bonchev–Trinajstić information content (AvgIpc) is 3.17. The molecule has 0 N–H and O–H groups in total. The van der Waals surface area contributed by atoms with Crippen LogP contribution in [-0.2, 0) is 13.0 Å². The van der Waals surface area contributed by atoms with Crippen LogP contribution in [0.1, 0.15) is 41.4 Å². The maximum absolute atomic E-state index is 12.9. The number of nitrogens with zero attached hydrogens (tertiary/aromatic N) is 2. The molecule has 30 heavy (non-hydrogen) atoms. The fourth-order valence-electron chi connectivity index (χ4n) is 4.76. The predicted molar refractivity (Wildman–Crippen MR) is 120 cm³/mol. The highest BCUT2D eigenvalue weighted by atomic mass is 16.5. The van der Waals surface area contributed by atoms with Gasteiger partial charge in [0, 0.05) is 30.8 Å². The van der Waals surface area contributed by atoms with Crippen molar-refractivity contribution in [2.75, 3.05) is 7.11 Å². The minimum absolute atomic E-state index is 0.103. The number of ether oxygens (including phenoxy) is 1. The van der Waals surface area contributed by atoms with Crippen molar-refractivity contribution in [1.82, 2.24) is 8.97 Å². The van der Waals surface area contributed by atoms with Crippen molar-refractivity contribution in [3.05, 3.63) is 71.5 Å². The standard InChI is InChI=1S/C26H26N2O2/c1-17-7-9-20(10-8-17)24-22-6-4-5-15-27-23(19-11-13-21(30-3)14-12-19)16-28(26(22)27)25(24)18(2)29/h7-14,16H,4-6,15H2,1-3H3. The summed E-state index contributed by atoms with van der Waals surface area (Å²) in [5.41, 5.74) is 9.00. The highest BCUT2D eigenvalue weighted by Crippen LogP contribution is 2.39. The molecule has 0 amide bonds. The van der Waals surface area contributed by atoms with E-state index in [9.17, 15) is 4.79 Å². The highest BCUT2D eigenvalue weighted by molar-refractivity contribution is 6.03. The number of imidazole rings is 1. The molecule has 2 aromatic heterocycles. The first kappa shape index (κ1) is 18.7. The molecule has 0 radical (unpaired) electrons. The van der Waals surface area contributed by atoms with Gasteiger partial charge in [0.1, 0.15) is 11.4 Å². The van der Waals surface area contributed by atoms with Gasteiger partial charge in [0.25, 0.3) is 0 Å². The lowest BCUT2D eigenvalue weighted by Gasteiger charge is -2.09. The topological polar surface area (TPSA) is 35.6 Å². The first-order valence-electron chi connectivity index (χ1n) is 10.6. The molecular weight excluding hydrogens is 372 g/mol. The zero-order valence-corrected chi connectivity index (χ0v) is 17.7. The zero-order chi connectivity index (χ0) is 20.8. The van der Waals surface area contributed by atoms with Crippen LogP contribution in [0, 0.1) is 6.92 Å². The number of aromatic nitrogens is 2. The number of benzene rings is 2. The summed E-state index contributed by atoms with van der Waals surface area (Å²) < 4.78 is 9.86. The summed E-state index contributed by atoms with van der Waals surface area (Å²) in [6, 6.07) is 16.7. The van der Waals surface area contributed by atoms with Gasteiger partial charge in [-0.1, -0.05) is 29.8 Å². The molecule has 5 rings (SSSR count).